The summed E-state index contributed by atoms with van der Waals surface area (Å²) in [6.07, 6.45) is 4.94. The van der Waals surface area contributed by atoms with Crippen LogP contribution in [0.4, 0.5) is 5.82 Å². The predicted molar refractivity (Wildman–Crippen MR) is 77.0 cm³/mol. The van der Waals surface area contributed by atoms with Crippen LogP contribution in [0, 0.1) is 5.92 Å². The van der Waals surface area contributed by atoms with Crippen molar-refractivity contribution in [3.63, 3.8) is 0 Å². The van der Waals surface area contributed by atoms with Gasteiger partial charge in [0.15, 0.2) is 0 Å². The Morgan fingerprint density at radius 2 is 2.37 bits per heavy atom. The molecule has 1 N–H and O–H groups in total. The molecule has 1 aromatic heterocycles. The lowest BCUT2D eigenvalue weighted by molar-refractivity contribution is 0.409. The molecule has 106 valence electrons. The Labute approximate surface area is 119 Å². The van der Waals surface area contributed by atoms with Gasteiger partial charge in [-0.05, 0) is 30.9 Å². The van der Waals surface area contributed by atoms with Crippen LogP contribution in [0.5, 0.6) is 0 Å². The van der Waals surface area contributed by atoms with E-state index in [-0.39, 0.29) is 0 Å². The number of rotatable bonds is 4. The number of aromatic nitrogens is 1. The van der Waals surface area contributed by atoms with E-state index in [2.05, 4.69) is 14.6 Å². The first-order valence-corrected chi connectivity index (χ1v) is 8.53. The summed E-state index contributed by atoms with van der Waals surface area (Å²) < 4.78 is 24.8. The minimum atomic E-state index is -3.12. The van der Waals surface area contributed by atoms with E-state index in [1.807, 2.05) is 6.07 Å². The molecule has 0 bridgehead atoms. The molecule has 0 aromatic carbocycles. The van der Waals surface area contributed by atoms with Crippen molar-refractivity contribution in [3.05, 3.63) is 23.4 Å². The lowest BCUT2D eigenvalue weighted by Gasteiger charge is -2.33. The first-order chi connectivity index (χ1) is 8.96. The molecule has 0 unspecified atom stereocenters. The molecule has 0 radical (unpaired) electrons. The van der Waals surface area contributed by atoms with Crippen LogP contribution in [0.15, 0.2) is 18.3 Å². The van der Waals surface area contributed by atoms with E-state index in [0.717, 1.165) is 31.7 Å². The fraction of sp³-hybridized carbons (Fsp3) is 0.583. The number of pyridine rings is 1. The average Bonchev–Trinajstić information content (AvgIpc) is 2.36. The Morgan fingerprint density at radius 3 is 3.05 bits per heavy atom. The van der Waals surface area contributed by atoms with Gasteiger partial charge in [0.2, 0.25) is 10.0 Å². The van der Waals surface area contributed by atoms with Crippen molar-refractivity contribution in [2.24, 2.45) is 5.92 Å². The van der Waals surface area contributed by atoms with Crippen LogP contribution >= 0.6 is 11.6 Å². The Morgan fingerprint density at radius 1 is 1.58 bits per heavy atom. The van der Waals surface area contributed by atoms with Gasteiger partial charge in [-0.15, -0.1) is 0 Å². The maximum Gasteiger partial charge on any atom is 0.208 e. The fourth-order valence-corrected chi connectivity index (χ4v) is 3.08. The van der Waals surface area contributed by atoms with Gasteiger partial charge in [-0.1, -0.05) is 11.6 Å². The van der Waals surface area contributed by atoms with E-state index in [0.29, 0.717) is 17.5 Å². The molecule has 1 fully saturated rings. The van der Waals surface area contributed by atoms with E-state index in [9.17, 15) is 8.42 Å². The second-order valence-corrected chi connectivity index (χ2v) is 7.12. The Balaban J connectivity index is 1.99. The van der Waals surface area contributed by atoms with E-state index < -0.39 is 10.0 Å². The molecule has 1 aromatic rings. The Kier molecular flexibility index (Phi) is 4.65. The first kappa shape index (κ1) is 14.6. The standard InChI is InChI=1S/C12H18ClN3O2S/c1-19(17,18)15-8-10-4-3-7-16(9-10)12-11(13)5-2-6-14-12/h2,5-6,10,15H,3-4,7-9H2,1H3/t10-/m1/s1. The number of anilines is 1. The minimum absolute atomic E-state index is 0.293. The molecule has 1 saturated heterocycles. The summed E-state index contributed by atoms with van der Waals surface area (Å²) >= 11 is 6.14. The molecular formula is C12H18ClN3O2S. The van der Waals surface area contributed by atoms with Crippen LogP contribution in [0.2, 0.25) is 5.02 Å². The van der Waals surface area contributed by atoms with Gasteiger partial charge >= 0.3 is 0 Å². The minimum Gasteiger partial charge on any atom is -0.355 e. The average molecular weight is 304 g/mol. The van der Waals surface area contributed by atoms with Gasteiger partial charge in [-0.3, -0.25) is 0 Å². The third kappa shape index (κ3) is 4.33. The zero-order valence-electron chi connectivity index (χ0n) is 10.8. The predicted octanol–water partition coefficient (Wildman–Crippen LogP) is 1.50. The van der Waals surface area contributed by atoms with Crippen LogP contribution in [-0.4, -0.2) is 39.3 Å². The molecule has 0 amide bonds. The van der Waals surface area contributed by atoms with E-state index in [4.69, 9.17) is 11.6 Å². The smallest absolute Gasteiger partial charge is 0.208 e. The maximum absolute atomic E-state index is 11.1. The number of piperidine rings is 1. The molecule has 1 aliphatic heterocycles. The third-order valence-electron chi connectivity index (χ3n) is 3.19. The Bertz CT molecular complexity index is 536. The largest absolute Gasteiger partial charge is 0.355 e. The van der Waals surface area contributed by atoms with E-state index >= 15 is 0 Å². The third-order valence-corrected chi connectivity index (χ3v) is 4.18. The summed E-state index contributed by atoms with van der Waals surface area (Å²) in [7, 11) is -3.12. The molecular weight excluding hydrogens is 286 g/mol. The maximum atomic E-state index is 11.1. The van der Waals surface area contributed by atoms with E-state index in [1.54, 1.807) is 12.3 Å². The lowest BCUT2D eigenvalue weighted by Crippen LogP contribution is -2.41. The van der Waals surface area contributed by atoms with Crippen molar-refractivity contribution in [1.29, 1.82) is 0 Å². The SMILES string of the molecule is CS(=O)(=O)NC[C@H]1CCCN(c2ncccc2Cl)C1. The highest BCUT2D eigenvalue weighted by Crippen LogP contribution is 2.27. The number of nitrogens with one attached hydrogen (secondary N) is 1. The number of hydrogen-bond donors (Lipinski definition) is 1. The lowest BCUT2D eigenvalue weighted by atomic mass is 9.98. The summed E-state index contributed by atoms with van der Waals surface area (Å²) in [5.41, 5.74) is 0. The fourth-order valence-electron chi connectivity index (χ4n) is 2.30. The molecule has 2 heterocycles. The second-order valence-electron chi connectivity index (χ2n) is 4.88. The first-order valence-electron chi connectivity index (χ1n) is 6.26. The van der Waals surface area contributed by atoms with Gasteiger partial charge in [-0.25, -0.2) is 18.1 Å². The highest BCUT2D eigenvalue weighted by atomic mass is 35.5. The van der Waals surface area contributed by atoms with Crippen LogP contribution in [-0.2, 0) is 10.0 Å². The second kappa shape index (κ2) is 6.07. The summed E-state index contributed by atoms with van der Waals surface area (Å²) in [6, 6.07) is 3.63. The number of sulfonamides is 1. The Hall–Kier alpha value is -0.850. The van der Waals surface area contributed by atoms with Crippen molar-refractivity contribution < 1.29 is 8.42 Å². The van der Waals surface area contributed by atoms with Crippen LogP contribution < -0.4 is 9.62 Å². The summed E-state index contributed by atoms with van der Waals surface area (Å²) in [4.78, 5) is 6.43. The zero-order chi connectivity index (χ0) is 13.9. The van der Waals surface area contributed by atoms with Crippen molar-refractivity contribution in [3.8, 4) is 0 Å². The molecule has 1 atom stereocenters. The summed E-state index contributed by atoms with van der Waals surface area (Å²) in [5.74, 6) is 1.08. The van der Waals surface area contributed by atoms with Crippen molar-refractivity contribution in [1.82, 2.24) is 9.71 Å². The molecule has 2 rings (SSSR count). The molecule has 0 aliphatic carbocycles. The van der Waals surface area contributed by atoms with Gasteiger partial charge < -0.3 is 4.90 Å². The number of halogens is 1. The molecule has 19 heavy (non-hydrogen) atoms. The topological polar surface area (TPSA) is 62.3 Å². The van der Waals surface area contributed by atoms with Gasteiger partial charge in [0.1, 0.15) is 5.82 Å². The van der Waals surface area contributed by atoms with Crippen molar-refractivity contribution >= 4 is 27.4 Å². The van der Waals surface area contributed by atoms with E-state index in [1.165, 1.54) is 6.26 Å². The summed E-state index contributed by atoms with van der Waals surface area (Å²) in [5, 5.41) is 0.638. The highest BCUT2D eigenvalue weighted by molar-refractivity contribution is 7.88. The molecule has 1 aliphatic rings. The van der Waals surface area contributed by atoms with Crippen molar-refractivity contribution in [2.75, 3.05) is 30.8 Å². The van der Waals surface area contributed by atoms with Crippen LogP contribution in [0.1, 0.15) is 12.8 Å². The molecule has 7 heteroatoms. The monoisotopic (exact) mass is 303 g/mol. The zero-order valence-corrected chi connectivity index (χ0v) is 12.4. The normalized spacial score (nSPS) is 20.5. The van der Waals surface area contributed by atoms with Crippen LogP contribution in [0.3, 0.4) is 0 Å². The van der Waals surface area contributed by atoms with Crippen molar-refractivity contribution in [2.45, 2.75) is 12.8 Å². The highest BCUT2D eigenvalue weighted by Gasteiger charge is 2.22. The molecule has 5 nitrogen and oxygen atoms in total. The van der Waals surface area contributed by atoms with Gasteiger partial charge in [0.25, 0.3) is 0 Å². The van der Waals surface area contributed by atoms with Crippen LogP contribution in [0.25, 0.3) is 0 Å². The van der Waals surface area contributed by atoms with Gasteiger partial charge in [0, 0.05) is 25.8 Å². The molecule has 0 spiro atoms. The van der Waals surface area contributed by atoms with Gasteiger partial charge in [0.05, 0.1) is 11.3 Å². The number of nitrogens with zero attached hydrogens (tertiary/aromatic N) is 2. The summed E-state index contributed by atoms with van der Waals surface area (Å²) in [6.45, 7) is 2.16. The quantitative estimate of drug-likeness (QED) is 0.915. The number of hydrogen-bond acceptors (Lipinski definition) is 4. The van der Waals surface area contributed by atoms with Gasteiger partial charge in [-0.2, -0.15) is 0 Å². The molecule has 0 saturated carbocycles.